The summed E-state index contributed by atoms with van der Waals surface area (Å²) in [5, 5.41) is 0. The summed E-state index contributed by atoms with van der Waals surface area (Å²) in [5.41, 5.74) is 0. The van der Waals surface area contributed by atoms with Gasteiger partial charge in [0, 0.05) is 18.8 Å². The van der Waals surface area contributed by atoms with Gasteiger partial charge in [0.25, 0.3) is 0 Å². The second-order valence-electron chi connectivity index (χ2n) is 5.74. The maximum Gasteiger partial charge on any atom is 0.0983 e. The van der Waals surface area contributed by atoms with Crippen LogP contribution in [0.15, 0.2) is 0 Å². The van der Waals surface area contributed by atoms with Crippen molar-refractivity contribution in [2.45, 2.75) is 45.6 Å². The number of hydrogen-bond acceptors (Lipinski definition) is 0. The van der Waals surface area contributed by atoms with Crippen molar-refractivity contribution >= 4 is 0 Å². The van der Waals surface area contributed by atoms with Crippen molar-refractivity contribution in [3.05, 3.63) is 0 Å². The Bertz CT molecular complexity index is 185. The van der Waals surface area contributed by atoms with E-state index in [1.807, 2.05) is 9.80 Å². The van der Waals surface area contributed by atoms with Crippen LogP contribution in [0.4, 0.5) is 0 Å². The zero-order chi connectivity index (χ0) is 10.7. The molecule has 2 heterocycles. The summed E-state index contributed by atoms with van der Waals surface area (Å²) in [4.78, 5) is 3.76. The van der Waals surface area contributed by atoms with Gasteiger partial charge in [0.15, 0.2) is 0 Å². The maximum absolute atomic E-state index is 2.44. The lowest BCUT2D eigenvalue weighted by molar-refractivity contribution is -0.962. The molecule has 2 saturated heterocycles. The van der Waals surface area contributed by atoms with Gasteiger partial charge in [-0.05, 0) is 19.8 Å². The Morgan fingerprint density at radius 3 is 2.40 bits per heavy atom. The highest BCUT2D eigenvalue weighted by Gasteiger charge is 2.31. The van der Waals surface area contributed by atoms with Crippen LogP contribution >= 0.6 is 0 Å². The number of quaternary nitrogens is 2. The molecule has 2 atom stereocenters. The first-order valence-electron chi connectivity index (χ1n) is 6.97. The molecule has 2 aliphatic rings. The fourth-order valence-corrected chi connectivity index (χ4v) is 3.49. The van der Waals surface area contributed by atoms with Crippen LogP contribution in [0.2, 0.25) is 0 Å². The van der Waals surface area contributed by atoms with E-state index in [4.69, 9.17) is 0 Å². The predicted octanol–water partition coefficient (Wildman–Crippen LogP) is -0.632. The van der Waals surface area contributed by atoms with Crippen LogP contribution in [0.5, 0.6) is 0 Å². The fraction of sp³-hybridized carbons (Fsp3) is 1.00. The Morgan fingerprint density at radius 1 is 1.07 bits per heavy atom. The van der Waals surface area contributed by atoms with Gasteiger partial charge in [-0.25, -0.2) is 0 Å². The topological polar surface area (TPSA) is 8.88 Å². The molecule has 2 nitrogen and oxygen atoms in total. The first-order valence-corrected chi connectivity index (χ1v) is 6.97. The average molecular weight is 212 g/mol. The summed E-state index contributed by atoms with van der Waals surface area (Å²) in [6, 6.07) is 1.00. The van der Waals surface area contributed by atoms with Crippen molar-refractivity contribution in [3.63, 3.8) is 0 Å². The molecule has 0 bridgehead atoms. The SMILES string of the molecule is CC[NH+]1CCC([NH+]2CCC[C@H](C)C2)CC1. The van der Waals surface area contributed by atoms with Crippen LogP contribution in [0.3, 0.4) is 0 Å². The summed E-state index contributed by atoms with van der Waals surface area (Å²) in [5.74, 6) is 0.977. The van der Waals surface area contributed by atoms with E-state index in [2.05, 4.69) is 13.8 Å². The smallest absolute Gasteiger partial charge is 0.0983 e. The van der Waals surface area contributed by atoms with E-state index in [9.17, 15) is 0 Å². The second kappa shape index (κ2) is 5.31. The number of hydrogen-bond donors (Lipinski definition) is 2. The van der Waals surface area contributed by atoms with Gasteiger partial charge in [-0.2, -0.15) is 0 Å². The molecule has 0 amide bonds. The van der Waals surface area contributed by atoms with E-state index >= 15 is 0 Å². The standard InChI is InChI=1S/C13H26N2/c1-3-14-9-6-13(7-10-14)15-8-4-5-12(2)11-15/h12-13H,3-11H2,1-2H3/p+2/t12-/m0/s1. The monoisotopic (exact) mass is 212 g/mol. The van der Waals surface area contributed by atoms with E-state index < -0.39 is 0 Å². The molecule has 2 heteroatoms. The van der Waals surface area contributed by atoms with E-state index in [1.54, 1.807) is 0 Å². The molecule has 0 aromatic carbocycles. The quantitative estimate of drug-likeness (QED) is 0.603. The van der Waals surface area contributed by atoms with Gasteiger partial charge in [-0.15, -0.1) is 0 Å². The van der Waals surface area contributed by atoms with Gasteiger partial charge in [-0.3, -0.25) is 0 Å². The third kappa shape index (κ3) is 2.94. The maximum atomic E-state index is 2.44. The highest BCUT2D eigenvalue weighted by molar-refractivity contribution is 4.64. The highest BCUT2D eigenvalue weighted by atomic mass is 15.2. The van der Waals surface area contributed by atoms with Crippen molar-refractivity contribution in [2.24, 2.45) is 5.92 Å². The van der Waals surface area contributed by atoms with Crippen molar-refractivity contribution in [2.75, 3.05) is 32.7 Å². The minimum Gasteiger partial charge on any atom is -0.335 e. The largest absolute Gasteiger partial charge is 0.335 e. The number of piperidine rings is 2. The zero-order valence-corrected chi connectivity index (χ0v) is 10.5. The van der Waals surface area contributed by atoms with Crippen molar-refractivity contribution in [1.29, 1.82) is 0 Å². The molecule has 1 unspecified atom stereocenters. The Labute approximate surface area is 94.6 Å². The van der Waals surface area contributed by atoms with E-state index in [1.165, 1.54) is 58.4 Å². The number of rotatable bonds is 2. The molecule has 0 spiro atoms. The van der Waals surface area contributed by atoms with E-state index in [0.717, 1.165) is 12.0 Å². The van der Waals surface area contributed by atoms with Crippen LogP contribution in [-0.2, 0) is 0 Å². The molecule has 15 heavy (non-hydrogen) atoms. The molecule has 0 aromatic rings. The molecule has 0 saturated carbocycles. The van der Waals surface area contributed by atoms with Crippen LogP contribution < -0.4 is 9.80 Å². The van der Waals surface area contributed by atoms with Crippen LogP contribution in [0, 0.1) is 5.92 Å². The Balaban J connectivity index is 1.79. The third-order valence-electron chi connectivity index (χ3n) is 4.58. The molecule has 0 radical (unpaired) electrons. The van der Waals surface area contributed by atoms with Gasteiger partial charge in [0.1, 0.15) is 0 Å². The Kier molecular flexibility index (Phi) is 4.04. The van der Waals surface area contributed by atoms with Gasteiger partial charge >= 0.3 is 0 Å². The minimum absolute atomic E-state index is 0.977. The number of nitrogens with one attached hydrogen (secondary N) is 2. The molecule has 2 N–H and O–H groups in total. The Morgan fingerprint density at radius 2 is 1.80 bits per heavy atom. The lowest BCUT2D eigenvalue weighted by Gasteiger charge is -2.37. The van der Waals surface area contributed by atoms with E-state index in [0.29, 0.717) is 0 Å². The Hall–Kier alpha value is -0.0800. The molecule has 0 aromatic heterocycles. The lowest BCUT2D eigenvalue weighted by Crippen LogP contribution is -3.21. The summed E-state index contributed by atoms with van der Waals surface area (Å²) in [6.07, 6.45) is 5.90. The van der Waals surface area contributed by atoms with Gasteiger partial charge in [0.2, 0.25) is 0 Å². The molecule has 2 rings (SSSR count). The first-order chi connectivity index (χ1) is 7.29. The molecule has 0 aliphatic carbocycles. The third-order valence-corrected chi connectivity index (χ3v) is 4.58. The summed E-state index contributed by atoms with van der Waals surface area (Å²) < 4.78 is 0. The zero-order valence-electron chi connectivity index (χ0n) is 10.5. The molecule has 2 fully saturated rings. The minimum atomic E-state index is 0.977. The van der Waals surface area contributed by atoms with Crippen molar-refractivity contribution in [1.82, 2.24) is 0 Å². The summed E-state index contributed by atoms with van der Waals surface area (Å²) >= 11 is 0. The fourth-order valence-electron chi connectivity index (χ4n) is 3.49. The van der Waals surface area contributed by atoms with E-state index in [-0.39, 0.29) is 0 Å². The summed E-state index contributed by atoms with van der Waals surface area (Å²) in [7, 11) is 0. The molecule has 88 valence electrons. The van der Waals surface area contributed by atoms with Crippen LogP contribution in [0.25, 0.3) is 0 Å². The highest BCUT2D eigenvalue weighted by Crippen LogP contribution is 2.07. The van der Waals surface area contributed by atoms with Crippen molar-refractivity contribution < 1.29 is 9.80 Å². The predicted molar refractivity (Wildman–Crippen MR) is 63.4 cm³/mol. The summed E-state index contributed by atoms with van der Waals surface area (Å²) in [6.45, 7) is 11.9. The second-order valence-corrected chi connectivity index (χ2v) is 5.74. The van der Waals surface area contributed by atoms with Gasteiger partial charge in [-0.1, -0.05) is 6.92 Å². The molecular formula is C13H28N2+2. The van der Waals surface area contributed by atoms with Crippen LogP contribution in [0.1, 0.15) is 39.5 Å². The molecule has 2 aliphatic heterocycles. The van der Waals surface area contributed by atoms with Crippen LogP contribution in [-0.4, -0.2) is 38.8 Å². The number of likely N-dealkylation sites (tertiary alicyclic amines) is 2. The van der Waals surface area contributed by atoms with Crippen molar-refractivity contribution in [3.8, 4) is 0 Å². The van der Waals surface area contributed by atoms with Gasteiger partial charge in [0.05, 0.1) is 38.8 Å². The average Bonchev–Trinajstić information content (AvgIpc) is 2.29. The lowest BCUT2D eigenvalue weighted by atomic mass is 9.95. The normalized spacial score (nSPS) is 42.8. The first kappa shape index (κ1) is 11.4. The van der Waals surface area contributed by atoms with Gasteiger partial charge < -0.3 is 9.80 Å². The molecular weight excluding hydrogens is 184 g/mol.